The van der Waals surface area contributed by atoms with Crippen molar-refractivity contribution in [2.75, 3.05) is 0 Å². The number of fused-ring (bicyclic) bond motifs is 2. The summed E-state index contributed by atoms with van der Waals surface area (Å²) in [5.41, 5.74) is 1.84. The molecule has 0 aliphatic heterocycles. The fraction of sp³-hybridized carbons (Fsp3) is 0.500. The van der Waals surface area contributed by atoms with Gasteiger partial charge >= 0.3 is 0 Å². The van der Waals surface area contributed by atoms with Gasteiger partial charge in [0.1, 0.15) is 5.82 Å². The second-order valence-corrected chi connectivity index (χ2v) is 4.48. The zero-order valence-corrected chi connectivity index (χ0v) is 7.96. The van der Waals surface area contributed by atoms with Gasteiger partial charge in [-0.25, -0.2) is 4.39 Å². The molecule has 0 heterocycles. The van der Waals surface area contributed by atoms with Gasteiger partial charge in [0.25, 0.3) is 0 Å². The van der Waals surface area contributed by atoms with Crippen LogP contribution in [-0.4, -0.2) is 11.2 Å². The van der Waals surface area contributed by atoms with E-state index in [0.717, 1.165) is 24.0 Å². The van der Waals surface area contributed by atoms with E-state index in [4.69, 9.17) is 0 Å². The third kappa shape index (κ3) is 0.921. The first-order valence-electron chi connectivity index (χ1n) is 5.20. The van der Waals surface area contributed by atoms with Crippen molar-refractivity contribution >= 4 is 0 Å². The monoisotopic (exact) mass is 192 g/mol. The molecule has 1 aromatic rings. The lowest BCUT2D eigenvalue weighted by Crippen LogP contribution is -2.32. The molecule has 0 amide bonds. The van der Waals surface area contributed by atoms with Crippen molar-refractivity contribution in [2.45, 2.75) is 37.2 Å². The number of hydrogen-bond donors (Lipinski definition) is 1. The molecule has 14 heavy (non-hydrogen) atoms. The number of aliphatic hydroxyl groups is 1. The fourth-order valence-corrected chi connectivity index (χ4v) is 2.75. The maximum atomic E-state index is 13.5. The summed E-state index contributed by atoms with van der Waals surface area (Å²) in [5, 5.41) is 9.91. The number of aliphatic hydroxyl groups excluding tert-OH is 1. The van der Waals surface area contributed by atoms with E-state index >= 15 is 0 Å². The van der Waals surface area contributed by atoms with Crippen LogP contribution in [-0.2, 0) is 11.8 Å². The Bertz CT molecular complexity index is 382. The number of rotatable bonds is 0. The van der Waals surface area contributed by atoms with E-state index in [1.165, 1.54) is 6.07 Å². The second kappa shape index (κ2) is 2.57. The van der Waals surface area contributed by atoms with Crippen LogP contribution in [0.1, 0.15) is 30.4 Å². The molecule has 2 aliphatic rings. The lowest BCUT2D eigenvalue weighted by Gasteiger charge is -2.30. The molecule has 74 valence electrons. The number of hydrogen-bond acceptors (Lipinski definition) is 1. The molecule has 2 heteroatoms. The minimum absolute atomic E-state index is 0.0737. The Balaban J connectivity index is 2.18. The summed E-state index contributed by atoms with van der Waals surface area (Å²) < 4.78 is 13.5. The summed E-state index contributed by atoms with van der Waals surface area (Å²) in [4.78, 5) is 0. The third-order valence-electron chi connectivity index (χ3n) is 3.75. The van der Waals surface area contributed by atoms with E-state index in [9.17, 15) is 9.50 Å². The summed E-state index contributed by atoms with van der Waals surface area (Å²) in [6.07, 6.45) is 3.19. The Labute approximate surface area is 82.6 Å². The SMILES string of the molecule is OC1CCc2c(F)cccc2C12CC2. The van der Waals surface area contributed by atoms with Crippen LogP contribution >= 0.6 is 0 Å². The average Bonchev–Trinajstić information content (AvgIpc) is 2.94. The average molecular weight is 192 g/mol. The normalized spacial score (nSPS) is 27.4. The predicted molar refractivity (Wildman–Crippen MR) is 51.6 cm³/mol. The predicted octanol–water partition coefficient (Wildman–Crippen LogP) is 2.16. The van der Waals surface area contributed by atoms with Gasteiger partial charge in [0.2, 0.25) is 0 Å². The molecule has 0 saturated heterocycles. The molecule has 3 rings (SSSR count). The summed E-state index contributed by atoms with van der Waals surface area (Å²) in [6.45, 7) is 0. The minimum atomic E-state index is -0.253. The van der Waals surface area contributed by atoms with Gasteiger partial charge in [0.05, 0.1) is 6.10 Å². The molecular formula is C12H13FO. The summed E-state index contributed by atoms with van der Waals surface area (Å²) in [6, 6.07) is 5.26. The van der Waals surface area contributed by atoms with Gasteiger partial charge in [-0.3, -0.25) is 0 Å². The van der Waals surface area contributed by atoms with E-state index in [1.807, 2.05) is 6.07 Å². The van der Waals surface area contributed by atoms with E-state index in [1.54, 1.807) is 6.07 Å². The molecule has 0 bridgehead atoms. The maximum Gasteiger partial charge on any atom is 0.126 e. The molecule has 2 aliphatic carbocycles. The van der Waals surface area contributed by atoms with E-state index in [0.29, 0.717) is 12.8 Å². The van der Waals surface area contributed by atoms with Crippen LogP contribution in [0.15, 0.2) is 18.2 Å². The maximum absolute atomic E-state index is 13.5. The van der Waals surface area contributed by atoms with Crippen LogP contribution < -0.4 is 0 Å². The largest absolute Gasteiger partial charge is 0.392 e. The second-order valence-electron chi connectivity index (χ2n) is 4.48. The lowest BCUT2D eigenvalue weighted by atomic mass is 9.78. The first kappa shape index (κ1) is 8.42. The van der Waals surface area contributed by atoms with Crippen molar-refractivity contribution in [3.63, 3.8) is 0 Å². The van der Waals surface area contributed by atoms with Crippen LogP contribution in [0.5, 0.6) is 0 Å². The van der Waals surface area contributed by atoms with Crippen LogP contribution in [0.3, 0.4) is 0 Å². The van der Waals surface area contributed by atoms with Crippen LogP contribution in [0.4, 0.5) is 4.39 Å². The van der Waals surface area contributed by atoms with Gasteiger partial charge in [-0.05, 0) is 42.9 Å². The molecule has 1 unspecified atom stereocenters. The fourth-order valence-electron chi connectivity index (χ4n) is 2.75. The molecule has 1 spiro atoms. The van der Waals surface area contributed by atoms with E-state index in [2.05, 4.69) is 0 Å². The Hall–Kier alpha value is -0.890. The van der Waals surface area contributed by atoms with Gasteiger partial charge in [0, 0.05) is 5.41 Å². The lowest BCUT2D eigenvalue weighted by molar-refractivity contribution is 0.113. The molecule has 1 fully saturated rings. The van der Waals surface area contributed by atoms with Gasteiger partial charge in [-0.2, -0.15) is 0 Å². The van der Waals surface area contributed by atoms with Crippen molar-refractivity contribution in [2.24, 2.45) is 0 Å². The first-order chi connectivity index (χ1) is 6.74. The molecule has 1 atom stereocenters. The highest BCUT2D eigenvalue weighted by Gasteiger charge is 2.53. The highest BCUT2D eigenvalue weighted by atomic mass is 19.1. The molecule has 1 saturated carbocycles. The van der Waals surface area contributed by atoms with Gasteiger partial charge in [-0.1, -0.05) is 12.1 Å². The van der Waals surface area contributed by atoms with Gasteiger partial charge < -0.3 is 5.11 Å². The third-order valence-corrected chi connectivity index (χ3v) is 3.75. The summed E-state index contributed by atoms with van der Waals surface area (Å²) in [5.74, 6) is -0.0966. The number of benzene rings is 1. The van der Waals surface area contributed by atoms with Crippen molar-refractivity contribution in [1.82, 2.24) is 0 Å². The highest BCUT2D eigenvalue weighted by Crippen LogP contribution is 2.55. The van der Waals surface area contributed by atoms with Crippen LogP contribution in [0.25, 0.3) is 0 Å². The summed E-state index contributed by atoms with van der Waals surface area (Å²) in [7, 11) is 0. The molecule has 1 aromatic carbocycles. The van der Waals surface area contributed by atoms with E-state index in [-0.39, 0.29) is 17.3 Å². The molecule has 0 aromatic heterocycles. The molecular weight excluding hydrogens is 179 g/mol. The molecule has 1 N–H and O–H groups in total. The Kier molecular flexibility index (Phi) is 1.55. The number of halogens is 1. The van der Waals surface area contributed by atoms with Crippen molar-refractivity contribution in [1.29, 1.82) is 0 Å². The first-order valence-corrected chi connectivity index (χ1v) is 5.20. The standard InChI is InChI=1S/C12H13FO/c13-10-3-1-2-9-8(10)4-5-11(14)12(9)6-7-12/h1-3,11,14H,4-7H2. The quantitative estimate of drug-likeness (QED) is 0.668. The van der Waals surface area contributed by atoms with E-state index < -0.39 is 0 Å². The Morgan fingerprint density at radius 3 is 2.86 bits per heavy atom. The smallest absolute Gasteiger partial charge is 0.126 e. The molecule has 0 radical (unpaired) electrons. The van der Waals surface area contributed by atoms with Crippen LogP contribution in [0.2, 0.25) is 0 Å². The molecule has 1 nitrogen and oxygen atoms in total. The zero-order valence-electron chi connectivity index (χ0n) is 7.96. The highest BCUT2D eigenvalue weighted by molar-refractivity contribution is 5.43. The van der Waals surface area contributed by atoms with Crippen molar-refractivity contribution in [3.8, 4) is 0 Å². The zero-order chi connectivity index (χ0) is 9.76. The van der Waals surface area contributed by atoms with Crippen molar-refractivity contribution in [3.05, 3.63) is 35.1 Å². The summed E-state index contributed by atoms with van der Waals surface area (Å²) >= 11 is 0. The topological polar surface area (TPSA) is 20.2 Å². The minimum Gasteiger partial charge on any atom is -0.392 e. The Morgan fingerprint density at radius 2 is 2.14 bits per heavy atom. The van der Waals surface area contributed by atoms with Gasteiger partial charge in [-0.15, -0.1) is 0 Å². The Morgan fingerprint density at radius 1 is 1.36 bits per heavy atom. The van der Waals surface area contributed by atoms with Crippen LogP contribution in [0, 0.1) is 5.82 Å². The van der Waals surface area contributed by atoms with Crippen molar-refractivity contribution < 1.29 is 9.50 Å². The van der Waals surface area contributed by atoms with Gasteiger partial charge in [0.15, 0.2) is 0 Å².